The van der Waals surface area contributed by atoms with Crippen molar-refractivity contribution in [2.24, 2.45) is 5.10 Å². The molecule has 0 aliphatic heterocycles. The number of hydrogen-bond acceptors (Lipinski definition) is 5. The van der Waals surface area contributed by atoms with Gasteiger partial charge in [-0.1, -0.05) is 80.1 Å². The lowest BCUT2D eigenvalue weighted by atomic mass is 9.87. The number of carbonyl (C=O) groups is 1. The number of hydrogen-bond donors (Lipinski definition) is 2. The van der Waals surface area contributed by atoms with Crippen LogP contribution in [0.25, 0.3) is 11.3 Å². The molecule has 0 unspecified atom stereocenters. The first kappa shape index (κ1) is 21.0. The maximum absolute atomic E-state index is 11.6. The zero-order valence-corrected chi connectivity index (χ0v) is 18.4. The standard InChI is InChI=1S/C22H23ClN4OS/c1-14(28)25-20-19(16-7-11-18(23)12-8-16)26-21(29-20)27-24-13-15-5-9-17(10-6-15)22(2,3)4/h5-13H,1-4H3,(H,25,28)(H,26,27)/b24-13+. The predicted molar refractivity (Wildman–Crippen MR) is 123 cm³/mol. The van der Waals surface area contributed by atoms with Crippen molar-refractivity contribution in [2.75, 3.05) is 10.7 Å². The summed E-state index contributed by atoms with van der Waals surface area (Å²) in [5.41, 5.74) is 6.87. The number of benzene rings is 2. The van der Waals surface area contributed by atoms with Crippen LogP contribution < -0.4 is 10.7 Å². The van der Waals surface area contributed by atoms with E-state index in [4.69, 9.17) is 11.6 Å². The molecule has 29 heavy (non-hydrogen) atoms. The summed E-state index contributed by atoms with van der Waals surface area (Å²) in [6.45, 7) is 8.03. The number of thiazole rings is 1. The third-order valence-electron chi connectivity index (χ3n) is 4.18. The van der Waals surface area contributed by atoms with Crippen LogP contribution in [0.5, 0.6) is 0 Å². The van der Waals surface area contributed by atoms with Gasteiger partial charge in [-0.25, -0.2) is 4.98 Å². The van der Waals surface area contributed by atoms with Crippen LogP contribution in [0.15, 0.2) is 53.6 Å². The van der Waals surface area contributed by atoms with Crippen LogP contribution >= 0.6 is 22.9 Å². The monoisotopic (exact) mass is 426 g/mol. The number of nitrogens with zero attached hydrogens (tertiary/aromatic N) is 2. The Hall–Kier alpha value is -2.70. The van der Waals surface area contributed by atoms with Gasteiger partial charge in [0, 0.05) is 17.5 Å². The molecular formula is C22H23ClN4OS. The second kappa shape index (κ2) is 8.76. The molecule has 3 aromatic rings. The third kappa shape index (κ3) is 5.65. The number of anilines is 2. The van der Waals surface area contributed by atoms with E-state index in [0.717, 1.165) is 11.1 Å². The molecule has 0 radical (unpaired) electrons. The highest BCUT2D eigenvalue weighted by molar-refractivity contribution is 7.20. The van der Waals surface area contributed by atoms with Gasteiger partial charge in [-0.15, -0.1) is 0 Å². The number of hydrazone groups is 1. The smallest absolute Gasteiger partial charge is 0.221 e. The second-order valence-corrected chi connectivity index (χ2v) is 9.06. The normalized spacial score (nSPS) is 11.6. The van der Waals surface area contributed by atoms with Crippen molar-refractivity contribution in [3.63, 3.8) is 0 Å². The number of aromatic nitrogens is 1. The highest BCUT2D eigenvalue weighted by Crippen LogP contribution is 2.36. The summed E-state index contributed by atoms with van der Waals surface area (Å²) in [5, 5.41) is 9.00. The van der Waals surface area contributed by atoms with Crippen molar-refractivity contribution in [1.82, 2.24) is 4.98 Å². The molecule has 0 aliphatic rings. The summed E-state index contributed by atoms with van der Waals surface area (Å²) < 4.78 is 0. The number of carbonyl (C=O) groups excluding carboxylic acids is 1. The molecular weight excluding hydrogens is 404 g/mol. The van der Waals surface area contributed by atoms with E-state index in [9.17, 15) is 4.79 Å². The van der Waals surface area contributed by atoms with E-state index < -0.39 is 0 Å². The van der Waals surface area contributed by atoms with Gasteiger partial charge in [-0.05, 0) is 28.7 Å². The highest BCUT2D eigenvalue weighted by Gasteiger charge is 2.14. The topological polar surface area (TPSA) is 66.4 Å². The summed E-state index contributed by atoms with van der Waals surface area (Å²) in [4.78, 5) is 16.1. The van der Waals surface area contributed by atoms with Crippen LogP contribution in [0, 0.1) is 0 Å². The fourth-order valence-electron chi connectivity index (χ4n) is 2.65. The zero-order valence-electron chi connectivity index (χ0n) is 16.8. The molecule has 0 spiro atoms. The SMILES string of the molecule is CC(=O)Nc1sc(N/N=C/c2ccc(C(C)(C)C)cc2)nc1-c1ccc(Cl)cc1. The van der Waals surface area contributed by atoms with E-state index in [2.05, 4.69) is 53.7 Å². The molecule has 0 bridgehead atoms. The molecule has 150 valence electrons. The fraction of sp³-hybridized carbons (Fsp3) is 0.227. The molecule has 2 aromatic carbocycles. The number of rotatable bonds is 5. The van der Waals surface area contributed by atoms with E-state index in [1.807, 2.05) is 24.3 Å². The maximum atomic E-state index is 11.6. The largest absolute Gasteiger partial charge is 0.316 e. The average Bonchev–Trinajstić information content (AvgIpc) is 3.04. The van der Waals surface area contributed by atoms with E-state index in [1.54, 1.807) is 18.3 Å². The van der Waals surface area contributed by atoms with E-state index in [0.29, 0.717) is 20.8 Å². The van der Waals surface area contributed by atoms with Crippen LogP contribution in [-0.2, 0) is 10.2 Å². The Morgan fingerprint density at radius 1 is 1.10 bits per heavy atom. The third-order valence-corrected chi connectivity index (χ3v) is 5.31. The van der Waals surface area contributed by atoms with Gasteiger partial charge in [0.2, 0.25) is 11.0 Å². The molecule has 0 fully saturated rings. The second-order valence-electron chi connectivity index (χ2n) is 7.63. The molecule has 1 heterocycles. The summed E-state index contributed by atoms with van der Waals surface area (Å²) >= 11 is 7.30. The van der Waals surface area contributed by atoms with Gasteiger partial charge in [-0.2, -0.15) is 5.10 Å². The highest BCUT2D eigenvalue weighted by atomic mass is 35.5. The fourth-order valence-corrected chi connectivity index (χ4v) is 3.66. The first-order valence-corrected chi connectivity index (χ1v) is 10.4. The van der Waals surface area contributed by atoms with Crippen LogP contribution in [-0.4, -0.2) is 17.1 Å². The Morgan fingerprint density at radius 3 is 2.34 bits per heavy atom. The molecule has 1 aromatic heterocycles. The first-order chi connectivity index (χ1) is 13.7. The molecule has 5 nitrogen and oxygen atoms in total. The predicted octanol–water partition coefficient (Wildman–Crippen LogP) is 6.17. The van der Waals surface area contributed by atoms with Gasteiger partial charge in [0.1, 0.15) is 10.7 Å². The van der Waals surface area contributed by atoms with Crippen molar-refractivity contribution in [3.05, 3.63) is 64.7 Å². The number of halogens is 1. The van der Waals surface area contributed by atoms with Crippen LogP contribution in [0.1, 0.15) is 38.8 Å². The first-order valence-electron chi connectivity index (χ1n) is 9.16. The van der Waals surface area contributed by atoms with Gasteiger partial charge >= 0.3 is 0 Å². The summed E-state index contributed by atoms with van der Waals surface area (Å²) in [6.07, 6.45) is 1.74. The Bertz CT molecular complexity index is 1020. The molecule has 3 rings (SSSR count). The van der Waals surface area contributed by atoms with Crippen molar-refractivity contribution >= 4 is 45.2 Å². The van der Waals surface area contributed by atoms with Crippen molar-refractivity contribution < 1.29 is 4.79 Å². The van der Waals surface area contributed by atoms with Gasteiger partial charge in [-0.3, -0.25) is 10.2 Å². The minimum atomic E-state index is -0.155. The van der Waals surface area contributed by atoms with E-state index in [-0.39, 0.29) is 11.3 Å². The lowest BCUT2D eigenvalue weighted by Crippen LogP contribution is -2.10. The van der Waals surface area contributed by atoms with Gasteiger partial charge in [0.05, 0.1) is 6.21 Å². The quantitative estimate of drug-likeness (QED) is 0.379. The van der Waals surface area contributed by atoms with Gasteiger partial charge < -0.3 is 5.32 Å². The summed E-state index contributed by atoms with van der Waals surface area (Å²) in [5.74, 6) is -0.155. The van der Waals surface area contributed by atoms with Crippen molar-refractivity contribution in [3.8, 4) is 11.3 Å². The van der Waals surface area contributed by atoms with Crippen LogP contribution in [0.4, 0.5) is 10.1 Å². The Labute approximate surface area is 179 Å². The molecule has 1 amide bonds. The molecule has 0 saturated heterocycles. The van der Waals surface area contributed by atoms with E-state index in [1.165, 1.54) is 23.8 Å². The lowest BCUT2D eigenvalue weighted by Gasteiger charge is -2.18. The number of nitrogens with one attached hydrogen (secondary N) is 2. The van der Waals surface area contributed by atoms with Crippen molar-refractivity contribution in [2.45, 2.75) is 33.1 Å². The Morgan fingerprint density at radius 2 is 1.76 bits per heavy atom. The lowest BCUT2D eigenvalue weighted by molar-refractivity contribution is -0.114. The average molecular weight is 427 g/mol. The minimum Gasteiger partial charge on any atom is -0.316 e. The Balaban J connectivity index is 1.77. The Kier molecular flexibility index (Phi) is 6.35. The van der Waals surface area contributed by atoms with Gasteiger partial charge in [0.25, 0.3) is 0 Å². The molecule has 7 heteroatoms. The molecule has 0 atom stereocenters. The van der Waals surface area contributed by atoms with Crippen molar-refractivity contribution in [1.29, 1.82) is 0 Å². The minimum absolute atomic E-state index is 0.118. The van der Waals surface area contributed by atoms with E-state index >= 15 is 0 Å². The van der Waals surface area contributed by atoms with Crippen LogP contribution in [0.2, 0.25) is 5.02 Å². The summed E-state index contributed by atoms with van der Waals surface area (Å²) in [7, 11) is 0. The number of amides is 1. The van der Waals surface area contributed by atoms with Crippen LogP contribution in [0.3, 0.4) is 0 Å². The summed E-state index contributed by atoms with van der Waals surface area (Å²) in [6, 6.07) is 15.6. The zero-order chi connectivity index (χ0) is 21.0. The molecule has 0 saturated carbocycles. The molecule has 2 N–H and O–H groups in total. The molecule has 0 aliphatic carbocycles. The van der Waals surface area contributed by atoms with Gasteiger partial charge in [0.15, 0.2) is 0 Å². The maximum Gasteiger partial charge on any atom is 0.221 e.